The van der Waals surface area contributed by atoms with Crippen molar-refractivity contribution < 1.29 is 32.2 Å². The average molecular weight is 462 g/mol. The number of carbonyl (C=O) groups is 2. The van der Waals surface area contributed by atoms with Crippen LogP contribution in [0.25, 0.3) is 0 Å². The van der Waals surface area contributed by atoms with E-state index < -0.39 is 45.0 Å². The maximum absolute atomic E-state index is 13.4. The second kappa shape index (κ2) is 8.82. The van der Waals surface area contributed by atoms with Gasteiger partial charge in [-0.3, -0.25) is 14.3 Å². The minimum Gasteiger partial charge on any atom is -0.497 e. The summed E-state index contributed by atoms with van der Waals surface area (Å²) in [6.07, 6.45) is -1.06. The van der Waals surface area contributed by atoms with Crippen molar-refractivity contribution in [1.29, 1.82) is 0 Å². The topological polar surface area (TPSA) is 108 Å². The van der Waals surface area contributed by atoms with E-state index in [0.717, 1.165) is 5.56 Å². The molecular formula is C23H27NO7S. The quantitative estimate of drug-likeness (QED) is 0.631. The van der Waals surface area contributed by atoms with Crippen LogP contribution in [0.5, 0.6) is 11.5 Å². The summed E-state index contributed by atoms with van der Waals surface area (Å²) in [4.78, 5) is 25.9. The minimum absolute atomic E-state index is 0.205. The smallest absolute Gasteiger partial charge is 0.315 e. The van der Waals surface area contributed by atoms with E-state index >= 15 is 0 Å². The predicted molar refractivity (Wildman–Crippen MR) is 120 cm³/mol. The van der Waals surface area contributed by atoms with Crippen LogP contribution in [0.1, 0.15) is 29.8 Å². The maximum atomic E-state index is 13.4. The normalized spacial score (nSPS) is 18.3. The number of sulfonamides is 1. The summed E-state index contributed by atoms with van der Waals surface area (Å²) in [5.74, 6) is -2.07. The van der Waals surface area contributed by atoms with Gasteiger partial charge in [-0.2, -0.15) is 0 Å². The van der Waals surface area contributed by atoms with Crippen LogP contribution in [0.4, 0.5) is 5.69 Å². The number of methoxy groups -OCH3 is 2. The second-order valence-electron chi connectivity index (χ2n) is 8.33. The number of anilines is 1. The zero-order valence-electron chi connectivity index (χ0n) is 18.7. The number of ketones is 1. The molecule has 1 aliphatic heterocycles. The van der Waals surface area contributed by atoms with Crippen LogP contribution in [0.2, 0.25) is 0 Å². The molecule has 172 valence electrons. The van der Waals surface area contributed by atoms with Crippen LogP contribution < -0.4 is 14.2 Å². The second-order valence-corrected chi connectivity index (χ2v) is 10.1. The number of nitrogens with one attached hydrogen (secondary N) is 1. The highest BCUT2D eigenvalue weighted by atomic mass is 32.2. The lowest BCUT2D eigenvalue weighted by Gasteiger charge is -2.40. The molecule has 0 aliphatic carbocycles. The third-order valence-electron chi connectivity index (χ3n) is 5.56. The van der Waals surface area contributed by atoms with Crippen molar-refractivity contribution in [2.75, 3.05) is 24.7 Å². The van der Waals surface area contributed by atoms with Gasteiger partial charge in [-0.15, -0.1) is 0 Å². The molecule has 2 unspecified atom stereocenters. The van der Waals surface area contributed by atoms with Crippen molar-refractivity contribution in [2.24, 2.45) is 11.3 Å². The molecule has 0 bridgehead atoms. The summed E-state index contributed by atoms with van der Waals surface area (Å²) in [5, 5.41) is 0. The standard InChI is InChI=1S/C23H27NO7S/c1-14-6-8-15(9-7-14)24-32(27,28)13-18-20(25)17-12-16(29-4)10-11-19(17)31-21(18)23(2,3)22(26)30-5/h6-12,18,21,24H,13H2,1-5H3. The van der Waals surface area contributed by atoms with Crippen LogP contribution in [0.3, 0.4) is 0 Å². The van der Waals surface area contributed by atoms with Crippen LogP contribution >= 0.6 is 0 Å². The van der Waals surface area contributed by atoms with E-state index in [0.29, 0.717) is 11.4 Å². The molecule has 2 atom stereocenters. The monoisotopic (exact) mass is 461 g/mol. The Kier molecular flexibility index (Phi) is 6.50. The lowest BCUT2D eigenvalue weighted by Crippen LogP contribution is -2.53. The van der Waals surface area contributed by atoms with Gasteiger partial charge in [0.1, 0.15) is 17.6 Å². The number of hydrogen-bond donors (Lipinski definition) is 1. The summed E-state index contributed by atoms with van der Waals surface area (Å²) >= 11 is 0. The first kappa shape index (κ1) is 23.6. The highest BCUT2D eigenvalue weighted by Gasteiger charge is 2.51. The molecule has 0 radical (unpaired) electrons. The Morgan fingerprint density at radius 2 is 1.78 bits per heavy atom. The van der Waals surface area contributed by atoms with E-state index in [2.05, 4.69) is 4.72 Å². The van der Waals surface area contributed by atoms with Gasteiger partial charge >= 0.3 is 5.97 Å². The fourth-order valence-corrected chi connectivity index (χ4v) is 5.14. The first-order valence-corrected chi connectivity index (χ1v) is 11.7. The fourth-order valence-electron chi connectivity index (χ4n) is 3.76. The lowest BCUT2D eigenvalue weighted by molar-refractivity contribution is -0.157. The third kappa shape index (κ3) is 4.72. The summed E-state index contributed by atoms with van der Waals surface area (Å²) in [6.45, 7) is 5.03. The molecule has 0 amide bonds. The number of benzene rings is 2. The first-order valence-electron chi connectivity index (χ1n) is 10.0. The molecule has 0 fully saturated rings. The van der Waals surface area contributed by atoms with E-state index in [1.165, 1.54) is 20.3 Å². The number of carbonyl (C=O) groups excluding carboxylic acids is 2. The predicted octanol–water partition coefficient (Wildman–Crippen LogP) is 3.20. The molecule has 0 saturated carbocycles. The van der Waals surface area contributed by atoms with Gasteiger partial charge < -0.3 is 14.2 Å². The Morgan fingerprint density at radius 1 is 1.12 bits per heavy atom. The SMILES string of the molecule is COC(=O)C(C)(C)C1Oc2ccc(OC)cc2C(=O)C1CS(=O)(=O)Nc1ccc(C)cc1. The number of Topliss-reactive ketones (excluding diaryl/α,β-unsaturated/α-hetero) is 1. The molecule has 0 aromatic heterocycles. The van der Waals surface area contributed by atoms with Crippen molar-refractivity contribution in [3.05, 3.63) is 53.6 Å². The molecule has 3 rings (SSSR count). The van der Waals surface area contributed by atoms with Crippen molar-refractivity contribution in [3.63, 3.8) is 0 Å². The Labute approximate surface area is 187 Å². The number of rotatable bonds is 7. The Balaban J connectivity index is 2.00. The lowest BCUT2D eigenvalue weighted by atomic mass is 9.75. The average Bonchev–Trinajstić information content (AvgIpc) is 2.75. The summed E-state index contributed by atoms with van der Waals surface area (Å²) in [5.41, 5.74) is 0.281. The number of ether oxygens (including phenoxy) is 3. The molecular weight excluding hydrogens is 434 g/mol. The van der Waals surface area contributed by atoms with Gasteiger partial charge in [-0.1, -0.05) is 17.7 Å². The molecule has 9 heteroatoms. The van der Waals surface area contributed by atoms with Crippen LogP contribution in [-0.2, 0) is 19.6 Å². The van der Waals surface area contributed by atoms with Gasteiger partial charge in [0.25, 0.3) is 0 Å². The van der Waals surface area contributed by atoms with Gasteiger partial charge in [0.15, 0.2) is 5.78 Å². The van der Waals surface area contributed by atoms with Crippen LogP contribution in [-0.4, -0.2) is 46.2 Å². The largest absolute Gasteiger partial charge is 0.497 e. The van der Waals surface area contributed by atoms with E-state index in [1.807, 2.05) is 6.92 Å². The van der Waals surface area contributed by atoms with Gasteiger partial charge in [0.2, 0.25) is 10.0 Å². The summed E-state index contributed by atoms with van der Waals surface area (Å²) in [7, 11) is -1.26. The molecule has 1 heterocycles. The molecule has 32 heavy (non-hydrogen) atoms. The number of esters is 1. The maximum Gasteiger partial charge on any atom is 0.315 e. The van der Waals surface area contributed by atoms with Crippen molar-refractivity contribution in [2.45, 2.75) is 26.9 Å². The molecule has 0 saturated heterocycles. The molecule has 2 aromatic rings. The zero-order valence-corrected chi connectivity index (χ0v) is 19.5. The summed E-state index contributed by atoms with van der Waals surface area (Å²) < 4.78 is 44.6. The molecule has 8 nitrogen and oxygen atoms in total. The Morgan fingerprint density at radius 3 is 2.38 bits per heavy atom. The van der Waals surface area contributed by atoms with Crippen LogP contribution in [0.15, 0.2) is 42.5 Å². The van der Waals surface area contributed by atoms with E-state index in [9.17, 15) is 18.0 Å². The fraction of sp³-hybridized carbons (Fsp3) is 0.391. The van der Waals surface area contributed by atoms with Crippen molar-refractivity contribution in [3.8, 4) is 11.5 Å². The van der Waals surface area contributed by atoms with Crippen molar-refractivity contribution in [1.82, 2.24) is 0 Å². The van der Waals surface area contributed by atoms with Gasteiger partial charge in [0, 0.05) is 5.69 Å². The number of hydrogen-bond acceptors (Lipinski definition) is 7. The van der Waals surface area contributed by atoms with Gasteiger partial charge in [-0.25, -0.2) is 8.42 Å². The van der Waals surface area contributed by atoms with Crippen LogP contribution in [0, 0.1) is 18.3 Å². The zero-order chi connectivity index (χ0) is 23.7. The van der Waals surface area contributed by atoms with E-state index in [4.69, 9.17) is 14.2 Å². The molecule has 2 aromatic carbocycles. The van der Waals surface area contributed by atoms with Crippen molar-refractivity contribution >= 4 is 27.5 Å². The Bertz CT molecular complexity index is 1120. The molecule has 0 spiro atoms. The molecule has 1 aliphatic rings. The number of fused-ring (bicyclic) bond motifs is 1. The van der Waals surface area contributed by atoms with Gasteiger partial charge in [-0.05, 0) is 51.1 Å². The van der Waals surface area contributed by atoms with E-state index in [1.54, 1.807) is 50.2 Å². The minimum atomic E-state index is -3.96. The highest BCUT2D eigenvalue weighted by molar-refractivity contribution is 7.92. The van der Waals surface area contributed by atoms with Gasteiger partial charge in [0.05, 0.1) is 36.9 Å². The number of aryl methyl sites for hydroxylation is 1. The molecule has 1 N–H and O–H groups in total. The highest BCUT2D eigenvalue weighted by Crippen LogP contribution is 2.41. The van der Waals surface area contributed by atoms with E-state index in [-0.39, 0.29) is 11.3 Å². The Hall–Kier alpha value is -3.07. The summed E-state index contributed by atoms with van der Waals surface area (Å²) in [6, 6.07) is 11.5. The third-order valence-corrected chi connectivity index (χ3v) is 6.90. The first-order chi connectivity index (χ1) is 15.0.